The molecule has 0 saturated carbocycles. The third kappa shape index (κ3) is 2.35. The van der Waals surface area contributed by atoms with E-state index in [1.54, 1.807) is 19.1 Å². The molecular weight excluding hydrogens is 219 g/mol. The highest BCUT2D eigenvalue weighted by atomic mass is 19.1. The molecule has 1 unspecified atom stereocenters. The van der Waals surface area contributed by atoms with Crippen LogP contribution in [0.1, 0.15) is 37.6 Å². The number of hydrogen-bond acceptors (Lipinski definition) is 3. The van der Waals surface area contributed by atoms with Gasteiger partial charge in [-0.2, -0.15) is 0 Å². The van der Waals surface area contributed by atoms with E-state index in [-0.39, 0.29) is 11.7 Å². The van der Waals surface area contributed by atoms with Gasteiger partial charge in [-0.25, -0.2) is 4.39 Å². The molecule has 0 aliphatic rings. The summed E-state index contributed by atoms with van der Waals surface area (Å²) in [4.78, 5) is 0. The molecule has 0 aliphatic heterocycles. The van der Waals surface area contributed by atoms with Gasteiger partial charge < -0.3 is 4.42 Å². The Kier molecular flexibility index (Phi) is 3.22. The van der Waals surface area contributed by atoms with Crippen molar-refractivity contribution < 1.29 is 8.81 Å². The van der Waals surface area contributed by atoms with E-state index in [4.69, 9.17) is 4.42 Å². The summed E-state index contributed by atoms with van der Waals surface area (Å²) in [5.41, 5.74) is 1.73. The average molecular weight is 234 g/mol. The van der Waals surface area contributed by atoms with Gasteiger partial charge >= 0.3 is 0 Å². The number of benzene rings is 1. The first-order valence-corrected chi connectivity index (χ1v) is 5.71. The Morgan fingerprint density at radius 2 is 2.12 bits per heavy atom. The lowest BCUT2D eigenvalue weighted by atomic mass is 9.93. The third-order valence-electron chi connectivity index (χ3n) is 2.91. The Labute approximate surface area is 99.7 Å². The first-order valence-electron chi connectivity index (χ1n) is 5.71. The molecule has 1 heterocycles. The van der Waals surface area contributed by atoms with Crippen LogP contribution in [-0.2, 0) is 0 Å². The van der Waals surface area contributed by atoms with Crippen LogP contribution in [0.5, 0.6) is 0 Å². The van der Waals surface area contributed by atoms with Gasteiger partial charge in [0.15, 0.2) is 0 Å². The molecule has 0 radical (unpaired) electrons. The highest BCUT2D eigenvalue weighted by Gasteiger charge is 2.15. The van der Waals surface area contributed by atoms with E-state index in [9.17, 15) is 4.39 Å². The predicted octanol–water partition coefficient (Wildman–Crippen LogP) is 3.70. The summed E-state index contributed by atoms with van der Waals surface area (Å²) in [5, 5.41) is 7.79. The predicted molar refractivity (Wildman–Crippen MR) is 63.1 cm³/mol. The minimum atomic E-state index is -0.236. The lowest BCUT2D eigenvalue weighted by Crippen LogP contribution is -1.96. The highest BCUT2D eigenvalue weighted by Crippen LogP contribution is 2.30. The Balaban J connectivity index is 2.53. The fourth-order valence-corrected chi connectivity index (χ4v) is 1.76. The highest BCUT2D eigenvalue weighted by molar-refractivity contribution is 5.59. The molecule has 0 bridgehead atoms. The van der Waals surface area contributed by atoms with Crippen molar-refractivity contribution in [2.45, 2.75) is 33.1 Å². The van der Waals surface area contributed by atoms with Crippen LogP contribution in [-0.4, -0.2) is 10.2 Å². The number of aryl methyl sites for hydroxylation is 1. The first kappa shape index (κ1) is 11.8. The molecule has 1 aromatic heterocycles. The van der Waals surface area contributed by atoms with Gasteiger partial charge in [0.25, 0.3) is 0 Å². The van der Waals surface area contributed by atoms with Crippen LogP contribution in [0.2, 0.25) is 0 Å². The fourth-order valence-electron chi connectivity index (χ4n) is 1.76. The summed E-state index contributed by atoms with van der Waals surface area (Å²) in [6.07, 6.45) is 0.934. The Bertz CT molecular complexity index is 522. The number of rotatable bonds is 3. The monoisotopic (exact) mass is 234 g/mol. The maximum Gasteiger partial charge on any atom is 0.248 e. The van der Waals surface area contributed by atoms with Crippen molar-refractivity contribution in [2.24, 2.45) is 0 Å². The second kappa shape index (κ2) is 4.65. The molecule has 4 heteroatoms. The molecule has 0 amide bonds. The SMILES string of the molecule is CCC(C)c1cc(F)ccc1-c1nnc(C)o1. The van der Waals surface area contributed by atoms with Crippen LogP contribution in [0.15, 0.2) is 22.6 Å². The summed E-state index contributed by atoms with van der Waals surface area (Å²) in [7, 11) is 0. The quantitative estimate of drug-likeness (QED) is 0.812. The van der Waals surface area contributed by atoms with Crippen molar-refractivity contribution >= 4 is 0 Å². The minimum absolute atomic E-state index is 0.236. The molecule has 1 aromatic carbocycles. The van der Waals surface area contributed by atoms with Crippen molar-refractivity contribution in [1.82, 2.24) is 10.2 Å². The van der Waals surface area contributed by atoms with Crippen LogP contribution in [0.3, 0.4) is 0 Å². The van der Waals surface area contributed by atoms with Gasteiger partial charge in [-0.15, -0.1) is 10.2 Å². The third-order valence-corrected chi connectivity index (χ3v) is 2.91. The molecule has 1 atom stereocenters. The second-order valence-corrected chi connectivity index (χ2v) is 4.17. The van der Waals surface area contributed by atoms with E-state index in [2.05, 4.69) is 24.0 Å². The summed E-state index contributed by atoms with van der Waals surface area (Å²) in [6, 6.07) is 4.66. The zero-order valence-corrected chi connectivity index (χ0v) is 10.2. The Morgan fingerprint density at radius 3 is 2.71 bits per heavy atom. The largest absolute Gasteiger partial charge is 0.421 e. The van der Waals surface area contributed by atoms with Crippen LogP contribution >= 0.6 is 0 Å². The first-order chi connectivity index (χ1) is 8.11. The van der Waals surface area contributed by atoms with Gasteiger partial charge in [-0.05, 0) is 36.1 Å². The van der Waals surface area contributed by atoms with Crippen molar-refractivity contribution in [1.29, 1.82) is 0 Å². The van der Waals surface area contributed by atoms with Crippen LogP contribution in [0, 0.1) is 12.7 Å². The summed E-state index contributed by atoms with van der Waals surface area (Å²) < 4.78 is 18.7. The standard InChI is InChI=1S/C13H15FN2O/c1-4-8(2)12-7-10(14)5-6-11(12)13-16-15-9(3)17-13/h5-8H,4H2,1-3H3. The lowest BCUT2D eigenvalue weighted by molar-refractivity contribution is 0.531. The van der Waals surface area contributed by atoms with Gasteiger partial charge in [-0.1, -0.05) is 13.8 Å². The zero-order valence-electron chi connectivity index (χ0n) is 10.2. The lowest BCUT2D eigenvalue weighted by Gasteiger charge is -2.12. The molecule has 0 N–H and O–H groups in total. The van der Waals surface area contributed by atoms with Gasteiger partial charge in [0, 0.05) is 12.5 Å². The van der Waals surface area contributed by atoms with Crippen molar-refractivity contribution in [3.05, 3.63) is 35.5 Å². The Hall–Kier alpha value is -1.71. The minimum Gasteiger partial charge on any atom is -0.421 e. The van der Waals surface area contributed by atoms with Gasteiger partial charge in [0.1, 0.15) is 5.82 Å². The molecule has 0 aliphatic carbocycles. The molecule has 90 valence electrons. The van der Waals surface area contributed by atoms with Gasteiger partial charge in [-0.3, -0.25) is 0 Å². The molecule has 2 aromatic rings. The van der Waals surface area contributed by atoms with Crippen LogP contribution in [0.25, 0.3) is 11.5 Å². The molecule has 0 spiro atoms. The van der Waals surface area contributed by atoms with Gasteiger partial charge in [0.05, 0.1) is 0 Å². The molecular formula is C13H15FN2O. The molecule has 17 heavy (non-hydrogen) atoms. The van der Waals surface area contributed by atoms with Gasteiger partial charge in [0.2, 0.25) is 11.8 Å². The smallest absolute Gasteiger partial charge is 0.248 e. The maximum absolute atomic E-state index is 13.3. The average Bonchev–Trinajstić information content (AvgIpc) is 2.74. The van der Waals surface area contributed by atoms with Crippen LogP contribution < -0.4 is 0 Å². The van der Waals surface area contributed by atoms with E-state index in [1.807, 2.05) is 0 Å². The zero-order chi connectivity index (χ0) is 12.4. The Morgan fingerprint density at radius 1 is 1.35 bits per heavy atom. The van der Waals surface area contributed by atoms with Crippen molar-refractivity contribution in [3.8, 4) is 11.5 Å². The van der Waals surface area contributed by atoms with Crippen LogP contribution in [0.4, 0.5) is 4.39 Å². The summed E-state index contributed by atoms with van der Waals surface area (Å²) in [6.45, 7) is 5.86. The number of aromatic nitrogens is 2. The van der Waals surface area contributed by atoms with Crippen molar-refractivity contribution in [2.75, 3.05) is 0 Å². The number of halogens is 1. The molecule has 2 rings (SSSR count). The van der Waals surface area contributed by atoms with E-state index in [0.717, 1.165) is 17.5 Å². The van der Waals surface area contributed by atoms with E-state index < -0.39 is 0 Å². The molecule has 3 nitrogen and oxygen atoms in total. The molecule has 0 saturated heterocycles. The van der Waals surface area contributed by atoms with E-state index in [0.29, 0.717) is 11.8 Å². The number of nitrogens with zero attached hydrogens (tertiary/aromatic N) is 2. The molecule has 0 fully saturated rings. The van der Waals surface area contributed by atoms with E-state index >= 15 is 0 Å². The summed E-state index contributed by atoms with van der Waals surface area (Å²) in [5.74, 6) is 0.991. The second-order valence-electron chi connectivity index (χ2n) is 4.17. The maximum atomic E-state index is 13.3. The topological polar surface area (TPSA) is 38.9 Å². The summed E-state index contributed by atoms with van der Waals surface area (Å²) >= 11 is 0. The van der Waals surface area contributed by atoms with Crippen molar-refractivity contribution in [3.63, 3.8) is 0 Å². The van der Waals surface area contributed by atoms with E-state index in [1.165, 1.54) is 6.07 Å². The fraction of sp³-hybridized carbons (Fsp3) is 0.385. The number of hydrogen-bond donors (Lipinski definition) is 0. The normalized spacial score (nSPS) is 12.7.